The Bertz CT molecular complexity index is 1110. The van der Waals surface area contributed by atoms with Crippen molar-refractivity contribution >= 4 is 22.5 Å². The molecule has 2 heterocycles. The van der Waals surface area contributed by atoms with Crippen molar-refractivity contribution in [2.45, 2.75) is 13.5 Å². The maximum Gasteiger partial charge on any atom is 0.260 e. The van der Waals surface area contributed by atoms with E-state index in [4.69, 9.17) is 0 Å². The lowest BCUT2D eigenvalue weighted by atomic mass is 10.1. The minimum atomic E-state index is -0.0865. The van der Waals surface area contributed by atoms with E-state index in [0.717, 1.165) is 22.5 Å². The number of pyridine rings is 1. The maximum atomic E-state index is 13.6. The molecule has 0 saturated carbocycles. The Labute approximate surface area is 157 Å². The molecule has 0 aliphatic rings. The highest BCUT2D eigenvalue weighted by Crippen LogP contribution is 2.26. The molecule has 2 aromatic heterocycles. The van der Waals surface area contributed by atoms with Gasteiger partial charge in [0.25, 0.3) is 5.91 Å². The first-order valence-electron chi connectivity index (χ1n) is 8.82. The van der Waals surface area contributed by atoms with Crippen LogP contribution in [0.3, 0.4) is 0 Å². The summed E-state index contributed by atoms with van der Waals surface area (Å²) in [5.41, 5.74) is 3.21. The number of aromatic nitrogens is 3. The van der Waals surface area contributed by atoms with E-state index in [2.05, 4.69) is 9.97 Å². The van der Waals surface area contributed by atoms with Crippen molar-refractivity contribution in [3.63, 3.8) is 0 Å². The van der Waals surface area contributed by atoms with Crippen LogP contribution in [0, 0.1) is 6.92 Å². The van der Waals surface area contributed by atoms with Gasteiger partial charge in [0.2, 0.25) is 0 Å². The number of hydrogen-bond acceptors (Lipinski definition) is 3. The lowest BCUT2D eigenvalue weighted by molar-refractivity contribution is 0.0985. The maximum absolute atomic E-state index is 13.6. The summed E-state index contributed by atoms with van der Waals surface area (Å²) in [4.78, 5) is 24.2. The predicted molar refractivity (Wildman–Crippen MR) is 107 cm³/mol. The van der Waals surface area contributed by atoms with E-state index < -0.39 is 0 Å². The summed E-state index contributed by atoms with van der Waals surface area (Å²) in [6, 6.07) is 17.4. The Balaban J connectivity index is 1.83. The monoisotopic (exact) mass is 356 g/mol. The molecule has 0 fully saturated rings. The molecule has 4 rings (SSSR count). The fourth-order valence-electron chi connectivity index (χ4n) is 3.25. The van der Waals surface area contributed by atoms with Gasteiger partial charge in [-0.1, -0.05) is 36.4 Å². The first kappa shape index (κ1) is 17.0. The zero-order chi connectivity index (χ0) is 18.8. The van der Waals surface area contributed by atoms with E-state index in [-0.39, 0.29) is 5.91 Å². The summed E-state index contributed by atoms with van der Waals surface area (Å²) in [5.74, 6) is 0.733. The predicted octanol–water partition coefficient (Wildman–Crippen LogP) is 4.12. The van der Waals surface area contributed by atoms with Gasteiger partial charge in [-0.05, 0) is 30.7 Å². The van der Waals surface area contributed by atoms with Crippen molar-refractivity contribution in [2.75, 3.05) is 4.90 Å². The van der Waals surface area contributed by atoms with E-state index >= 15 is 0 Å². The summed E-state index contributed by atoms with van der Waals surface area (Å²) in [7, 11) is 1.93. The Morgan fingerprint density at radius 3 is 2.59 bits per heavy atom. The van der Waals surface area contributed by atoms with Crippen LogP contribution in [0.25, 0.3) is 10.9 Å². The molecular weight excluding hydrogens is 336 g/mol. The topological polar surface area (TPSA) is 51.0 Å². The fourth-order valence-corrected chi connectivity index (χ4v) is 3.25. The van der Waals surface area contributed by atoms with Crippen molar-refractivity contribution in [3.8, 4) is 0 Å². The Kier molecular flexibility index (Phi) is 4.42. The van der Waals surface area contributed by atoms with Crippen LogP contribution in [0.15, 0.2) is 73.2 Å². The summed E-state index contributed by atoms with van der Waals surface area (Å²) in [6.45, 7) is 2.39. The number of amides is 1. The number of fused-ring (bicyclic) bond motifs is 1. The molecule has 5 nitrogen and oxygen atoms in total. The molecule has 2 aromatic carbocycles. The number of imidazole rings is 1. The van der Waals surface area contributed by atoms with Crippen LogP contribution in [0.1, 0.15) is 21.7 Å². The van der Waals surface area contributed by atoms with E-state index in [0.29, 0.717) is 17.6 Å². The molecule has 1 amide bonds. The Hall–Kier alpha value is -3.47. The molecule has 0 saturated heterocycles. The van der Waals surface area contributed by atoms with Gasteiger partial charge in [0.05, 0.1) is 17.6 Å². The molecule has 0 bridgehead atoms. The average molecular weight is 356 g/mol. The summed E-state index contributed by atoms with van der Waals surface area (Å²) < 4.78 is 1.93. The zero-order valence-corrected chi connectivity index (χ0v) is 15.3. The number of carbonyl (C=O) groups excluding carboxylic acids is 1. The third-order valence-corrected chi connectivity index (χ3v) is 4.74. The molecule has 0 spiro atoms. The van der Waals surface area contributed by atoms with Crippen LogP contribution in [-0.4, -0.2) is 20.4 Å². The molecule has 27 heavy (non-hydrogen) atoms. The smallest absolute Gasteiger partial charge is 0.260 e. The molecule has 4 aromatic rings. The van der Waals surface area contributed by atoms with Crippen LogP contribution in [0.5, 0.6) is 0 Å². The van der Waals surface area contributed by atoms with Gasteiger partial charge in [-0.2, -0.15) is 0 Å². The Morgan fingerprint density at radius 1 is 1.00 bits per heavy atom. The summed E-state index contributed by atoms with van der Waals surface area (Å²) in [6.07, 6.45) is 5.35. The number of benzene rings is 2. The number of para-hydroxylation sites is 2. The van der Waals surface area contributed by atoms with E-state index in [1.807, 2.05) is 79.3 Å². The molecular formula is C22H20N4O. The molecule has 134 valence electrons. The van der Waals surface area contributed by atoms with Crippen LogP contribution < -0.4 is 4.90 Å². The van der Waals surface area contributed by atoms with Gasteiger partial charge in [0.15, 0.2) is 0 Å². The van der Waals surface area contributed by atoms with Crippen molar-refractivity contribution in [1.29, 1.82) is 0 Å². The quantitative estimate of drug-likeness (QED) is 0.553. The number of hydrogen-bond donors (Lipinski definition) is 0. The highest BCUT2D eigenvalue weighted by atomic mass is 16.2. The normalized spacial score (nSPS) is 10.9. The standard InChI is InChI=1S/C22H20N4O/c1-16-7-3-4-11-19(16)26(15-20-23-13-14-25(20)2)22(27)18-10-5-8-17-9-6-12-24-21(17)18/h3-14H,15H2,1-2H3. The molecule has 0 unspecified atom stereocenters. The van der Waals surface area contributed by atoms with Gasteiger partial charge in [0.1, 0.15) is 5.82 Å². The van der Waals surface area contributed by atoms with Crippen molar-refractivity contribution in [3.05, 3.63) is 90.1 Å². The SMILES string of the molecule is Cc1ccccc1N(Cc1nccn1C)C(=O)c1cccc2cccnc12. The number of nitrogens with zero attached hydrogens (tertiary/aromatic N) is 4. The number of rotatable bonds is 4. The van der Waals surface area contributed by atoms with Gasteiger partial charge < -0.3 is 9.47 Å². The van der Waals surface area contributed by atoms with E-state index in [1.165, 1.54) is 0 Å². The number of aryl methyl sites for hydroxylation is 2. The second kappa shape index (κ2) is 7.03. The highest BCUT2D eigenvalue weighted by molar-refractivity contribution is 6.13. The largest absolute Gasteiger partial charge is 0.337 e. The fraction of sp³-hybridized carbons (Fsp3) is 0.136. The van der Waals surface area contributed by atoms with Crippen LogP contribution >= 0.6 is 0 Å². The number of anilines is 1. The molecule has 0 aliphatic heterocycles. The number of carbonyl (C=O) groups is 1. The molecule has 5 heteroatoms. The van der Waals surface area contributed by atoms with Crippen LogP contribution in [-0.2, 0) is 13.6 Å². The lowest BCUT2D eigenvalue weighted by Crippen LogP contribution is -2.32. The molecule has 0 N–H and O–H groups in total. The zero-order valence-electron chi connectivity index (χ0n) is 15.3. The Morgan fingerprint density at radius 2 is 1.81 bits per heavy atom. The second-order valence-electron chi connectivity index (χ2n) is 6.51. The van der Waals surface area contributed by atoms with E-state index in [1.54, 1.807) is 17.3 Å². The van der Waals surface area contributed by atoms with Gasteiger partial charge in [0, 0.05) is 36.7 Å². The van der Waals surface area contributed by atoms with Crippen molar-refractivity contribution in [2.24, 2.45) is 7.05 Å². The minimum Gasteiger partial charge on any atom is -0.337 e. The third-order valence-electron chi connectivity index (χ3n) is 4.74. The second-order valence-corrected chi connectivity index (χ2v) is 6.51. The minimum absolute atomic E-state index is 0.0865. The van der Waals surface area contributed by atoms with Gasteiger partial charge in [-0.15, -0.1) is 0 Å². The average Bonchev–Trinajstić information content (AvgIpc) is 3.10. The van der Waals surface area contributed by atoms with Gasteiger partial charge in [-0.25, -0.2) is 4.98 Å². The van der Waals surface area contributed by atoms with Crippen molar-refractivity contribution < 1.29 is 4.79 Å². The molecule has 0 radical (unpaired) electrons. The molecule has 0 atom stereocenters. The lowest BCUT2D eigenvalue weighted by Gasteiger charge is -2.25. The van der Waals surface area contributed by atoms with Crippen LogP contribution in [0.2, 0.25) is 0 Å². The van der Waals surface area contributed by atoms with Gasteiger partial charge in [-0.3, -0.25) is 9.78 Å². The summed E-state index contributed by atoms with van der Waals surface area (Å²) >= 11 is 0. The summed E-state index contributed by atoms with van der Waals surface area (Å²) in [5, 5.41) is 0.949. The first-order chi connectivity index (χ1) is 13.1. The highest BCUT2D eigenvalue weighted by Gasteiger charge is 2.23. The third kappa shape index (κ3) is 3.19. The van der Waals surface area contributed by atoms with Crippen molar-refractivity contribution in [1.82, 2.24) is 14.5 Å². The van der Waals surface area contributed by atoms with Gasteiger partial charge >= 0.3 is 0 Å². The van der Waals surface area contributed by atoms with Crippen LogP contribution in [0.4, 0.5) is 5.69 Å². The molecule has 0 aliphatic carbocycles. The van der Waals surface area contributed by atoms with E-state index in [9.17, 15) is 4.79 Å². The first-order valence-corrected chi connectivity index (χ1v) is 8.82.